The van der Waals surface area contributed by atoms with Crippen molar-refractivity contribution in [3.8, 4) is 12.3 Å². The molecule has 0 fully saturated rings. The zero-order chi connectivity index (χ0) is 22.2. The molecule has 0 heterocycles. The van der Waals surface area contributed by atoms with Gasteiger partial charge in [-0.3, -0.25) is 0 Å². The molecule has 0 aromatic heterocycles. The van der Waals surface area contributed by atoms with Gasteiger partial charge >= 0.3 is 0 Å². The monoisotopic (exact) mass is 407 g/mol. The van der Waals surface area contributed by atoms with E-state index < -0.39 is 0 Å². The summed E-state index contributed by atoms with van der Waals surface area (Å²) in [4.78, 5) is 0. The van der Waals surface area contributed by atoms with Gasteiger partial charge in [0.2, 0.25) is 0 Å². The van der Waals surface area contributed by atoms with Crippen LogP contribution in [0.3, 0.4) is 0 Å². The fraction of sp³-hybridized carbons (Fsp3) is 0.429. The Balaban J connectivity index is 0.00000184. The molecule has 0 aliphatic heterocycles. The summed E-state index contributed by atoms with van der Waals surface area (Å²) in [5, 5.41) is 0.341. The Morgan fingerprint density at radius 2 is 1.59 bits per heavy atom. The van der Waals surface area contributed by atoms with Crippen molar-refractivity contribution >= 4 is 11.8 Å². The molecule has 0 saturated heterocycles. The Morgan fingerprint density at radius 1 is 1.00 bits per heavy atom. The lowest BCUT2D eigenvalue weighted by atomic mass is 10.0. The molecule has 1 atom stereocenters. The van der Waals surface area contributed by atoms with Gasteiger partial charge in [0.1, 0.15) is 0 Å². The third kappa shape index (κ3) is 9.91. The number of rotatable bonds is 8. The Hall–Kier alpha value is -1.91. The molecule has 2 aromatic rings. The van der Waals surface area contributed by atoms with Gasteiger partial charge in [-0.15, -0.1) is 18.2 Å². The van der Waals surface area contributed by atoms with Crippen molar-refractivity contribution in [2.45, 2.75) is 73.0 Å². The van der Waals surface area contributed by atoms with Gasteiger partial charge in [-0.1, -0.05) is 94.7 Å². The van der Waals surface area contributed by atoms with Gasteiger partial charge in [0.25, 0.3) is 0 Å². The first kappa shape index (κ1) is 27.1. The van der Waals surface area contributed by atoms with Crippen LogP contribution in [0.5, 0.6) is 0 Å². The summed E-state index contributed by atoms with van der Waals surface area (Å²) >= 11 is 1.86. The highest BCUT2D eigenvalue weighted by Crippen LogP contribution is 2.32. The Labute approximate surface area is 185 Å². The van der Waals surface area contributed by atoms with Crippen molar-refractivity contribution in [3.63, 3.8) is 0 Å². The molecular weight excluding hydrogens is 368 g/mol. The number of terminal acetylenes is 1. The van der Waals surface area contributed by atoms with Gasteiger partial charge in [0, 0.05) is 16.6 Å². The van der Waals surface area contributed by atoms with Crippen molar-refractivity contribution < 1.29 is 0 Å². The molecule has 0 spiro atoms. The maximum absolute atomic E-state index is 6.26. The van der Waals surface area contributed by atoms with Crippen LogP contribution in [0.15, 0.2) is 48.0 Å². The Kier molecular flexibility index (Phi) is 14.9. The molecule has 0 N–H and O–H groups in total. The van der Waals surface area contributed by atoms with Gasteiger partial charge in [0.05, 0.1) is 0 Å². The SMILES string of the molecule is CC.CC.[CH]=C(CCc1ccc(CC)cc1)CSC(C)c1cc(C)ccc1C#C. The Morgan fingerprint density at radius 3 is 2.14 bits per heavy atom. The number of aryl methyl sites for hydroxylation is 3. The predicted octanol–water partition coefficient (Wildman–Crippen LogP) is 8.38. The van der Waals surface area contributed by atoms with Gasteiger partial charge in [0.15, 0.2) is 0 Å². The first-order chi connectivity index (χ1) is 14.0. The second-order valence-electron chi connectivity index (χ2n) is 6.52. The van der Waals surface area contributed by atoms with Crippen LogP contribution < -0.4 is 0 Å². The first-order valence-corrected chi connectivity index (χ1v) is 11.9. The summed E-state index contributed by atoms with van der Waals surface area (Å²) in [6.45, 7) is 20.7. The third-order valence-corrected chi connectivity index (χ3v) is 5.78. The molecule has 157 valence electrons. The molecule has 1 heteroatoms. The molecule has 0 nitrogen and oxygen atoms in total. The molecule has 0 amide bonds. The summed E-state index contributed by atoms with van der Waals surface area (Å²) in [5.41, 5.74) is 7.25. The average Bonchev–Trinajstić information content (AvgIpc) is 2.79. The highest BCUT2D eigenvalue weighted by molar-refractivity contribution is 7.99. The van der Waals surface area contributed by atoms with Gasteiger partial charge in [-0.05, 0) is 55.9 Å². The van der Waals surface area contributed by atoms with E-state index >= 15 is 0 Å². The third-order valence-electron chi connectivity index (χ3n) is 4.49. The van der Waals surface area contributed by atoms with Gasteiger partial charge in [-0.2, -0.15) is 0 Å². The fourth-order valence-electron chi connectivity index (χ4n) is 2.79. The van der Waals surface area contributed by atoms with E-state index in [0.717, 1.165) is 36.2 Å². The van der Waals surface area contributed by atoms with E-state index in [0.29, 0.717) is 5.25 Å². The van der Waals surface area contributed by atoms with Crippen molar-refractivity contribution in [1.29, 1.82) is 0 Å². The van der Waals surface area contributed by atoms with Crippen LogP contribution in [-0.2, 0) is 12.8 Å². The molecule has 29 heavy (non-hydrogen) atoms. The summed E-state index contributed by atoms with van der Waals surface area (Å²) in [6, 6.07) is 15.2. The van der Waals surface area contributed by atoms with E-state index in [1.807, 2.05) is 45.5 Å². The maximum Gasteiger partial charge on any atom is 0.0285 e. The normalized spacial score (nSPS) is 10.6. The van der Waals surface area contributed by atoms with Crippen molar-refractivity contribution in [3.05, 3.63) is 82.4 Å². The molecule has 2 aromatic carbocycles. The van der Waals surface area contributed by atoms with Gasteiger partial charge in [-0.25, -0.2) is 0 Å². The quantitative estimate of drug-likeness (QED) is 0.396. The number of thioether (sulfide) groups is 1. The average molecular weight is 408 g/mol. The van der Waals surface area contributed by atoms with E-state index in [-0.39, 0.29) is 0 Å². The molecule has 0 bridgehead atoms. The zero-order valence-electron chi connectivity index (χ0n) is 19.5. The summed E-state index contributed by atoms with van der Waals surface area (Å²) in [7, 11) is 0. The summed E-state index contributed by atoms with van der Waals surface area (Å²) in [6.07, 6.45) is 8.66. The van der Waals surface area contributed by atoms with Crippen LogP contribution >= 0.6 is 11.8 Å². The van der Waals surface area contributed by atoms with Crippen molar-refractivity contribution in [2.75, 3.05) is 5.75 Å². The molecular formula is C28H39S. The highest BCUT2D eigenvalue weighted by atomic mass is 32.2. The van der Waals surface area contributed by atoms with Gasteiger partial charge < -0.3 is 0 Å². The molecule has 0 aliphatic carbocycles. The van der Waals surface area contributed by atoms with E-state index in [4.69, 9.17) is 13.0 Å². The minimum absolute atomic E-state index is 0.341. The topological polar surface area (TPSA) is 0 Å². The van der Waals surface area contributed by atoms with Crippen molar-refractivity contribution in [2.24, 2.45) is 0 Å². The van der Waals surface area contributed by atoms with Crippen LogP contribution in [-0.4, -0.2) is 5.75 Å². The lowest BCUT2D eigenvalue weighted by molar-refractivity contribution is 0.942. The zero-order valence-corrected chi connectivity index (χ0v) is 20.3. The van der Waals surface area contributed by atoms with Crippen molar-refractivity contribution in [1.82, 2.24) is 0 Å². The molecule has 0 aliphatic rings. The van der Waals surface area contributed by atoms with E-state index in [9.17, 15) is 0 Å². The Bertz CT molecular complexity index is 747. The number of benzene rings is 2. The van der Waals surface area contributed by atoms with Crippen LogP contribution in [0.2, 0.25) is 0 Å². The number of hydrogen-bond acceptors (Lipinski definition) is 1. The van der Waals surface area contributed by atoms with Crippen LogP contribution in [0.1, 0.15) is 81.0 Å². The van der Waals surface area contributed by atoms with Crippen LogP contribution in [0, 0.1) is 25.8 Å². The second kappa shape index (κ2) is 15.9. The number of hydrogen-bond donors (Lipinski definition) is 0. The largest absolute Gasteiger partial charge is 0.150 e. The fourth-order valence-corrected chi connectivity index (χ4v) is 3.77. The lowest BCUT2D eigenvalue weighted by Crippen LogP contribution is -1.98. The second-order valence-corrected chi connectivity index (χ2v) is 7.85. The predicted molar refractivity (Wildman–Crippen MR) is 135 cm³/mol. The molecule has 0 saturated carbocycles. The summed E-state index contributed by atoms with van der Waals surface area (Å²) < 4.78 is 0. The molecule has 1 radical (unpaired) electrons. The van der Waals surface area contributed by atoms with E-state index in [1.165, 1.54) is 22.3 Å². The minimum atomic E-state index is 0.341. The maximum atomic E-state index is 6.26. The van der Waals surface area contributed by atoms with Crippen LogP contribution in [0.4, 0.5) is 0 Å². The first-order valence-electron chi connectivity index (χ1n) is 10.9. The smallest absolute Gasteiger partial charge is 0.0285 e. The van der Waals surface area contributed by atoms with E-state index in [1.54, 1.807) is 0 Å². The van der Waals surface area contributed by atoms with Crippen LogP contribution in [0.25, 0.3) is 0 Å². The summed E-state index contributed by atoms with van der Waals surface area (Å²) in [5.74, 6) is 3.66. The van der Waals surface area contributed by atoms with E-state index in [2.05, 4.69) is 63.1 Å². The molecule has 1 unspecified atom stereocenters. The standard InChI is InChI=1S/C24H27S.2C2H6/c1-6-21-11-13-22(14-12-21)10-8-19(4)17-25-20(5)24-16-18(3)9-15-23(24)7-2;2*1-2/h2,4,9,11-16,20H,6,8,10,17H2,1,3,5H3;2*1-2H3. The lowest BCUT2D eigenvalue weighted by Gasteiger charge is -2.15. The minimum Gasteiger partial charge on any atom is -0.150 e. The highest BCUT2D eigenvalue weighted by Gasteiger charge is 2.11. The molecule has 2 rings (SSSR count).